The van der Waals surface area contributed by atoms with Crippen LogP contribution in [0.15, 0.2) is 11.6 Å². The van der Waals surface area contributed by atoms with Gasteiger partial charge in [-0.05, 0) is 37.0 Å². The monoisotopic (exact) mass is 254 g/mol. The smallest absolute Gasteiger partial charge is 0.0519 e. The van der Waals surface area contributed by atoms with Crippen LogP contribution in [-0.4, -0.2) is 35.1 Å². The highest BCUT2D eigenvalue weighted by Gasteiger charge is 2.43. The molecule has 0 saturated heterocycles. The summed E-state index contributed by atoms with van der Waals surface area (Å²) in [6.45, 7) is 4.78. The van der Waals surface area contributed by atoms with Crippen molar-refractivity contribution in [3.8, 4) is 0 Å². The quantitative estimate of drug-likeness (QED) is 0.670. The third-order valence-electron chi connectivity index (χ3n) is 5.10. The van der Waals surface area contributed by atoms with Gasteiger partial charge in [-0.25, -0.2) is 0 Å². The van der Waals surface area contributed by atoms with Crippen molar-refractivity contribution >= 4 is 0 Å². The summed E-state index contributed by atoms with van der Waals surface area (Å²) >= 11 is 0. The minimum atomic E-state index is -0.140. The van der Waals surface area contributed by atoms with Crippen LogP contribution < -0.4 is 0 Å². The van der Waals surface area contributed by atoms with E-state index in [-0.39, 0.29) is 37.1 Å². The Morgan fingerprint density at radius 3 is 2.50 bits per heavy atom. The van der Waals surface area contributed by atoms with E-state index in [1.54, 1.807) is 0 Å². The van der Waals surface area contributed by atoms with Crippen molar-refractivity contribution in [3.63, 3.8) is 0 Å². The van der Waals surface area contributed by atoms with Crippen LogP contribution in [0.4, 0.5) is 0 Å². The molecule has 0 aliphatic heterocycles. The number of rotatable bonds is 3. The van der Waals surface area contributed by atoms with Crippen LogP contribution in [0, 0.1) is 29.1 Å². The highest BCUT2D eigenvalue weighted by Crippen LogP contribution is 2.50. The van der Waals surface area contributed by atoms with Crippen LogP contribution in [0.25, 0.3) is 0 Å². The molecule has 3 N–H and O–H groups in total. The summed E-state index contributed by atoms with van der Waals surface area (Å²) in [5, 5.41) is 28.8. The molecule has 104 valence electrons. The number of aliphatic hydroxyl groups excluding tert-OH is 3. The van der Waals surface area contributed by atoms with Gasteiger partial charge in [-0.3, -0.25) is 0 Å². The van der Waals surface area contributed by atoms with Crippen molar-refractivity contribution in [2.75, 3.05) is 19.8 Å². The molecule has 1 saturated carbocycles. The van der Waals surface area contributed by atoms with Crippen molar-refractivity contribution in [3.05, 3.63) is 11.6 Å². The second-order valence-corrected chi connectivity index (χ2v) is 6.55. The Labute approximate surface area is 110 Å². The van der Waals surface area contributed by atoms with Crippen LogP contribution in [0.5, 0.6) is 0 Å². The summed E-state index contributed by atoms with van der Waals surface area (Å²) in [4.78, 5) is 0. The average Bonchev–Trinajstić information content (AvgIpc) is 2.67. The van der Waals surface area contributed by atoms with Crippen LogP contribution >= 0.6 is 0 Å². The fourth-order valence-corrected chi connectivity index (χ4v) is 3.83. The molecule has 2 aliphatic rings. The molecule has 0 spiro atoms. The molecule has 0 aromatic carbocycles. The highest BCUT2D eigenvalue weighted by molar-refractivity contribution is 5.25. The molecule has 0 aromatic rings. The van der Waals surface area contributed by atoms with Crippen molar-refractivity contribution in [2.24, 2.45) is 29.1 Å². The molecule has 2 rings (SSSR count). The number of hydrogen-bond donors (Lipinski definition) is 3. The summed E-state index contributed by atoms with van der Waals surface area (Å²) in [6, 6.07) is 0. The van der Waals surface area contributed by atoms with Gasteiger partial charge >= 0.3 is 0 Å². The van der Waals surface area contributed by atoms with E-state index in [2.05, 4.69) is 19.9 Å². The van der Waals surface area contributed by atoms with Gasteiger partial charge in [0.1, 0.15) is 0 Å². The molecule has 18 heavy (non-hydrogen) atoms. The number of fused-ring (bicyclic) bond motifs is 1. The second-order valence-electron chi connectivity index (χ2n) is 6.55. The predicted octanol–water partition coefficient (Wildman–Crippen LogP) is 1.58. The fourth-order valence-electron chi connectivity index (χ4n) is 3.83. The molecule has 3 heteroatoms. The second kappa shape index (κ2) is 5.32. The maximum Gasteiger partial charge on any atom is 0.0519 e. The van der Waals surface area contributed by atoms with Gasteiger partial charge < -0.3 is 15.3 Å². The zero-order chi connectivity index (χ0) is 13.3. The first-order chi connectivity index (χ1) is 8.54. The molecular formula is C15H26O3. The number of hydrogen-bond acceptors (Lipinski definition) is 3. The van der Waals surface area contributed by atoms with Crippen LogP contribution in [0.3, 0.4) is 0 Å². The highest BCUT2D eigenvalue weighted by atomic mass is 16.3. The summed E-state index contributed by atoms with van der Waals surface area (Å²) in [5.41, 5.74) is 1.15. The predicted molar refractivity (Wildman–Crippen MR) is 70.9 cm³/mol. The van der Waals surface area contributed by atoms with E-state index in [0.29, 0.717) is 11.8 Å². The van der Waals surface area contributed by atoms with Gasteiger partial charge in [0.05, 0.1) is 6.61 Å². The fraction of sp³-hybridized carbons (Fsp3) is 0.867. The molecule has 0 unspecified atom stereocenters. The van der Waals surface area contributed by atoms with E-state index in [9.17, 15) is 15.3 Å². The topological polar surface area (TPSA) is 60.7 Å². The normalized spacial score (nSPS) is 44.4. The molecule has 0 amide bonds. The molecule has 0 radical (unpaired) electrons. The molecule has 0 aromatic heterocycles. The first-order valence-corrected chi connectivity index (χ1v) is 7.10. The molecule has 0 bridgehead atoms. The summed E-state index contributed by atoms with van der Waals surface area (Å²) < 4.78 is 0. The van der Waals surface area contributed by atoms with Gasteiger partial charge in [0.2, 0.25) is 0 Å². The lowest BCUT2D eigenvalue weighted by molar-refractivity contribution is 0.134. The summed E-state index contributed by atoms with van der Waals surface area (Å²) in [6.07, 6.45) is 5.26. The van der Waals surface area contributed by atoms with E-state index in [1.165, 1.54) is 5.57 Å². The molecule has 5 atom stereocenters. The van der Waals surface area contributed by atoms with E-state index < -0.39 is 0 Å². The third kappa shape index (κ3) is 2.36. The van der Waals surface area contributed by atoms with Gasteiger partial charge in [-0.1, -0.05) is 25.5 Å². The Kier molecular flexibility index (Phi) is 4.15. The SMILES string of the molecule is C[C@H]1CC[C@H](CO)[C@@H](CO)C2=C[C@](C)(CO)C[C@H]21. The Balaban J connectivity index is 2.33. The largest absolute Gasteiger partial charge is 0.396 e. The van der Waals surface area contributed by atoms with Crippen molar-refractivity contribution in [1.29, 1.82) is 0 Å². The minimum Gasteiger partial charge on any atom is -0.396 e. The first-order valence-electron chi connectivity index (χ1n) is 7.10. The van der Waals surface area contributed by atoms with Gasteiger partial charge in [0.25, 0.3) is 0 Å². The van der Waals surface area contributed by atoms with Crippen LogP contribution in [-0.2, 0) is 0 Å². The third-order valence-corrected chi connectivity index (χ3v) is 5.10. The Bertz CT molecular complexity index is 326. The van der Waals surface area contributed by atoms with E-state index in [1.807, 2.05) is 0 Å². The molecule has 0 heterocycles. The number of aliphatic hydroxyl groups is 3. The van der Waals surface area contributed by atoms with Crippen LogP contribution in [0.1, 0.15) is 33.1 Å². The lowest BCUT2D eigenvalue weighted by atomic mass is 9.80. The lowest BCUT2D eigenvalue weighted by Gasteiger charge is -2.26. The van der Waals surface area contributed by atoms with E-state index >= 15 is 0 Å². The van der Waals surface area contributed by atoms with Gasteiger partial charge in [-0.2, -0.15) is 0 Å². The zero-order valence-electron chi connectivity index (χ0n) is 11.5. The summed E-state index contributed by atoms with van der Waals surface area (Å²) in [5.74, 6) is 1.30. The first kappa shape index (κ1) is 14.0. The Hall–Kier alpha value is -0.380. The zero-order valence-corrected chi connectivity index (χ0v) is 11.5. The maximum absolute atomic E-state index is 9.68. The van der Waals surface area contributed by atoms with Gasteiger partial charge in [-0.15, -0.1) is 0 Å². The summed E-state index contributed by atoms with van der Waals surface area (Å²) in [7, 11) is 0. The molecule has 2 aliphatic carbocycles. The van der Waals surface area contributed by atoms with Crippen molar-refractivity contribution in [2.45, 2.75) is 33.1 Å². The molecule has 1 fully saturated rings. The van der Waals surface area contributed by atoms with E-state index in [0.717, 1.165) is 19.3 Å². The minimum absolute atomic E-state index is 0.0818. The van der Waals surface area contributed by atoms with E-state index in [4.69, 9.17) is 0 Å². The molecular weight excluding hydrogens is 228 g/mol. The van der Waals surface area contributed by atoms with Crippen LogP contribution in [0.2, 0.25) is 0 Å². The van der Waals surface area contributed by atoms with Crippen molar-refractivity contribution < 1.29 is 15.3 Å². The lowest BCUT2D eigenvalue weighted by Crippen LogP contribution is -2.24. The molecule has 3 nitrogen and oxygen atoms in total. The Morgan fingerprint density at radius 1 is 1.22 bits per heavy atom. The Morgan fingerprint density at radius 2 is 1.94 bits per heavy atom. The van der Waals surface area contributed by atoms with Crippen molar-refractivity contribution in [1.82, 2.24) is 0 Å². The van der Waals surface area contributed by atoms with Gasteiger partial charge in [0, 0.05) is 24.5 Å². The maximum atomic E-state index is 9.68. The standard InChI is InChI=1S/C15H26O3/c1-10-3-4-11(7-16)14(8-17)13-6-15(2,9-18)5-12(10)13/h6,10-12,14,16-18H,3-5,7-9H2,1-2H3/t10-,11+,12-,14+,15+/m0/s1. The van der Waals surface area contributed by atoms with Gasteiger partial charge in [0.15, 0.2) is 0 Å². The average molecular weight is 254 g/mol.